The summed E-state index contributed by atoms with van der Waals surface area (Å²) < 4.78 is 0. The zero-order valence-electron chi connectivity index (χ0n) is 7.72. The van der Waals surface area contributed by atoms with Crippen LogP contribution in [-0.4, -0.2) is 5.78 Å². The fraction of sp³-hybridized carbons (Fsp3) is 0.364. The molecule has 0 saturated heterocycles. The van der Waals surface area contributed by atoms with Gasteiger partial charge in [-0.3, -0.25) is 4.79 Å². The van der Waals surface area contributed by atoms with Gasteiger partial charge in [0.05, 0.1) is 0 Å². The van der Waals surface area contributed by atoms with Gasteiger partial charge in [0.2, 0.25) is 0 Å². The maximum Gasteiger partial charge on any atom is 0.159 e. The van der Waals surface area contributed by atoms with Crippen molar-refractivity contribution in [2.45, 2.75) is 28.2 Å². The SMILES string of the molecule is C.CC(=O)c1ccc(C)c(C)c1.[Y]. The first-order valence-corrected chi connectivity index (χ1v) is 3.69. The molecule has 0 aromatic heterocycles. The summed E-state index contributed by atoms with van der Waals surface area (Å²) in [5.41, 5.74) is 3.21. The Balaban J connectivity index is 0. The Hall–Kier alpha value is -0.00610. The molecule has 1 rings (SSSR count). The van der Waals surface area contributed by atoms with Crippen molar-refractivity contribution in [2.75, 3.05) is 0 Å². The smallest absolute Gasteiger partial charge is 0.159 e. The van der Waals surface area contributed by atoms with E-state index >= 15 is 0 Å². The summed E-state index contributed by atoms with van der Waals surface area (Å²) in [7, 11) is 0. The number of ketones is 1. The van der Waals surface area contributed by atoms with Crippen molar-refractivity contribution in [3.05, 3.63) is 34.9 Å². The molecule has 0 fully saturated rings. The van der Waals surface area contributed by atoms with Crippen molar-refractivity contribution in [3.8, 4) is 0 Å². The van der Waals surface area contributed by atoms with Crippen LogP contribution in [0, 0.1) is 13.8 Å². The van der Waals surface area contributed by atoms with Crippen LogP contribution >= 0.6 is 0 Å². The standard InChI is InChI=1S/C10H12O.CH4.Y/c1-7-4-5-10(9(3)11)6-8(7)2;;/h4-6H,1-3H3;1H4;. The van der Waals surface area contributed by atoms with Gasteiger partial charge < -0.3 is 0 Å². The summed E-state index contributed by atoms with van der Waals surface area (Å²) >= 11 is 0. The molecule has 0 unspecified atom stereocenters. The third-order valence-corrected chi connectivity index (χ3v) is 1.91. The van der Waals surface area contributed by atoms with Crippen molar-refractivity contribution in [3.63, 3.8) is 0 Å². The topological polar surface area (TPSA) is 17.1 Å². The van der Waals surface area contributed by atoms with E-state index < -0.39 is 0 Å². The molecule has 69 valence electrons. The number of hydrogen-bond acceptors (Lipinski definition) is 1. The molecule has 0 N–H and O–H groups in total. The van der Waals surface area contributed by atoms with Crippen molar-refractivity contribution >= 4 is 5.78 Å². The fourth-order valence-electron chi connectivity index (χ4n) is 0.960. The second-order valence-electron chi connectivity index (χ2n) is 2.86. The maximum absolute atomic E-state index is 10.9. The van der Waals surface area contributed by atoms with Crippen LogP contribution in [0.5, 0.6) is 0 Å². The van der Waals surface area contributed by atoms with E-state index in [9.17, 15) is 4.79 Å². The molecule has 2 heteroatoms. The molecule has 1 nitrogen and oxygen atoms in total. The fourth-order valence-corrected chi connectivity index (χ4v) is 0.960. The van der Waals surface area contributed by atoms with Crippen LogP contribution in [0.3, 0.4) is 0 Å². The van der Waals surface area contributed by atoms with Crippen molar-refractivity contribution in [1.82, 2.24) is 0 Å². The van der Waals surface area contributed by atoms with E-state index in [1.54, 1.807) is 6.92 Å². The number of aryl methyl sites for hydroxylation is 2. The number of Topliss-reactive ketones (excluding diaryl/α,β-unsaturated/α-hetero) is 1. The third-order valence-electron chi connectivity index (χ3n) is 1.91. The van der Waals surface area contributed by atoms with Crippen LogP contribution in [0.1, 0.15) is 35.8 Å². The molecule has 1 aromatic carbocycles. The summed E-state index contributed by atoms with van der Waals surface area (Å²) in [6.45, 7) is 5.64. The van der Waals surface area contributed by atoms with Crippen LogP contribution in [0.2, 0.25) is 0 Å². The second-order valence-corrected chi connectivity index (χ2v) is 2.86. The Morgan fingerprint density at radius 2 is 1.69 bits per heavy atom. The van der Waals surface area contributed by atoms with Gasteiger partial charge in [-0.05, 0) is 38.0 Å². The zero-order chi connectivity index (χ0) is 8.43. The first-order chi connectivity index (χ1) is 5.11. The molecule has 0 spiro atoms. The number of hydrogen-bond donors (Lipinski definition) is 0. The number of carbonyl (C=O) groups excluding carboxylic acids is 1. The van der Waals surface area contributed by atoms with Crippen LogP contribution in [0.4, 0.5) is 0 Å². The van der Waals surface area contributed by atoms with E-state index in [0.29, 0.717) is 0 Å². The predicted molar refractivity (Wildman–Crippen MR) is 52.7 cm³/mol. The third kappa shape index (κ3) is 4.15. The second kappa shape index (κ2) is 6.45. The predicted octanol–water partition coefficient (Wildman–Crippen LogP) is 3.14. The Bertz CT molecular complexity index is 292. The van der Waals surface area contributed by atoms with Gasteiger partial charge in [0.15, 0.2) is 5.78 Å². The van der Waals surface area contributed by atoms with Crippen LogP contribution in [-0.2, 0) is 32.7 Å². The van der Waals surface area contributed by atoms with Gasteiger partial charge in [-0.15, -0.1) is 0 Å². The minimum absolute atomic E-state index is 0. The van der Waals surface area contributed by atoms with Gasteiger partial charge in [-0.2, -0.15) is 0 Å². The summed E-state index contributed by atoms with van der Waals surface area (Å²) in [6.07, 6.45) is 0. The van der Waals surface area contributed by atoms with Crippen LogP contribution in [0.25, 0.3) is 0 Å². The molecule has 1 radical (unpaired) electrons. The normalized spacial score (nSPS) is 8.23. The number of benzene rings is 1. The van der Waals surface area contributed by atoms with Crippen LogP contribution < -0.4 is 0 Å². The summed E-state index contributed by atoms with van der Waals surface area (Å²) in [4.78, 5) is 10.9. The molecular formula is C11H16OY. The minimum Gasteiger partial charge on any atom is -0.295 e. The van der Waals surface area contributed by atoms with Crippen molar-refractivity contribution < 1.29 is 37.5 Å². The van der Waals surface area contributed by atoms with Crippen molar-refractivity contribution in [1.29, 1.82) is 0 Å². The average Bonchev–Trinajstić information content (AvgIpc) is 1.94. The first kappa shape index (κ1) is 15.5. The van der Waals surface area contributed by atoms with E-state index in [0.717, 1.165) is 5.56 Å². The molecule has 0 amide bonds. The summed E-state index contributed by atoms with van der Waals surface area (Å²) in [5.74, 6) is 0.133. The monoisotopic (exact) mass is 253 g/mol. The summed E-state index contributed by atoms with van der Waals surface area (Å²) in [5, 5.41) is 0. The van der Waals surface area contributed by atoms with Gasteiger partial charge in [0.25, 0.3) is 0 Å². The molecule has 0 heterocycles. The Morgan fingerprint density at radius 1 is 1.15 bits per heavy atom. The Morgan fingerprint density at radius 3 is 2.08 bits per heavy atom. The Kier molecular flexibility index (Phi) is 7.67. The van der Waals surface area contributed by atoms with E-state index in [1.807, 2.05) is 32.0 Å². The number of carbonyl (C=O) groups is 1. The average molecular weight is 253 g/mol. The molecule has 0 aliphatic carbocycles. The van der Waals surface area contributed by atoms with Crippen molar-refractivity contribution in [2.24, 2.45) is 0 Å². The van der Waals surface area contributed by atoms with Gasteiger partial charge in [-0.25, -0.2) is 0 Å². The first-order valence-electron chi connectivity index (χ1n) is 3.69. The van der Waals surface area contributed by atoms with E-state index in [2.05, 4.69) is 0 Å². The van der Waals surface area contributed by atoms with E-state index in [4.69, 9.17) is 0 Å². The zero-order valence-corrected chi connectivity index (χ0v) is 10.6. The largest absolute Gasteiger partial charge is 0.295 e. The Labute approximate surface area is 106 Å². The van der Waals surface area contributed by atoms with Gasteiger partial charge in [0.1, 0.15) is 0 Å². The number of rotatable bonds is 1. The maximum atomic E-state index is 10.9. The molecule has 13 heavy (non-hydrogen) atoms. The van der Waals surface area contributed by atoms with Gasteiger partial charge >= 0.3 is 0 Å². The quantitative estimate of drug-likeness (QED) is 0.703. The van der Waals surface area contributed by atoms with E-state index in [1.165, 1.54) is 11.1 Å². The van der Waals surface area contributed by atoms with Gasteiger partial charge in [0, 0.05) is 38.3 Å². The van der Waals surface area contributed by atoms with E-state index in [-0.39, 0.29) is 45.9 Å². The molecule has 0 bridgehead atoms. The molecule has 1 aromatic rings. The molecular weight excluding hydrogens is 237 g/mol. The molecule has 0 saturated carbocycles. The minimum atomic E-state index is 0. The molecule has 0 aliphatic heterocycles. The van der Waals surface area contributed by atoms with Crippen LogP contribution in [0.15, 0.2) is 18.2 Å². The molecule has 0 aliphatic rings. The summed E-state index contributed by atoms with van der Waals surface area (Å²) in [6, 6.07) is 5.77. The molecule has 0 atom stereocenters. The van der Waals surface area contributed by atoms with Gasteiger partial charge in [-0.1, -0.05) is 19.6 Å².